The molecule has 1 N–H and O–H groups in total. The molecule has 3 heteroatoms. The molecule has 0 aliphatic carbocycles. The maximum Gasteiger partial charge on any atom is 0.122 e. The molecule has 0 fully saturated rings. The van der Waals surface area contributed by atoms with E-state index in [1.54, 1.807) is 12.1 Å². The van der Waals surface area contributed by atoms with Gasteiger partial charge in [-0.05, 0) is 30.4 Å². The first-order chi connectivity index (χ1) is 9.33. The van der Waals surface area contributed by atoms with E-state index in [1.165, 1.54) is 0 Å². The van der Waals surface area contributed by atoms with Crippen LogP contribution in [-0.4, -0.2) is 10.1 Å². The van der Waals surface area contributed by atoms with Crippen LogP contribution in [0.3, 0.4) is 0 Å². The third-order valence-electron chi connectivity index (χ3n) is 2.99. The van der Waals surface area contributed by atoms with Crippen LogP contribution in [0.4, 0.5) is 0 Å². The van der Waals surface area contributed by atoms with Gasteiger partial charge in [0.1, 0.15) is 5.75 Å². The monoisotopic (exact) mass is 283 g/mol. The summed E-state index contributed by atoms with van der Waals surface area (Å²) in [4.78, 5) is 4.55. The Kier molecular flexibility index (Phi) is 4.38. The van der Waals surface area contributed by atoms with Gasteiger partial charge in [0.2, 0.25) is 0 Å². The van der Waals surface area contributed by atoms with Gasteiger partial charge in [-0.2, -0.15) is 0 Å². The maximum absolute atomic E-state index is 9.69. The fourth-order valence-electron chi connectivity index (χ4n) is 1.98. The molecule has 2 aromatic carbocycles. The third-order valence-corrected chi connectivity index (χ3v) is 2.99. The largest absolute Gasteiger partial charge is 0.507 e. The van der Waals surface area contributed by atoms with E-state index in [1.807, 2.05) is 60.7 Å². The van der Waals surface area contributed by atoms with Gasteiger partial charge in [0.15, 0.2) is 0 Å². The zero-order valence-electron chi connectivity index (χ0n) is 10.7. The van der Waals surface area contributed by atoms with Crippen molar-refractivity contribution in [1.82, 2.24) is 4.98 Å². The Hall–Kier alpha value is -2.32. The summed E-state index contributed by atoms with van der Waals surface area (Å²) in [5, 5.41) is 10.8. The van der Waals surface area contributed by atoms with Gasteiger partial charge < -0.3 is 5.11 Å². The molecule has 1 aromatic heterocycles. The zero-order chi connectivity index (χ0) is 13.1. The molecule has 3 aromatic rings. The smallest absolute Gasteiger partial charge is 0.122 e. The van der Waals surface area contributed by atoms with E-state index in [0.29, 0.717) is 0 Å². The van der Waals surface area contributed by atoms with Crippen molar-refractivity contribution in [2.45, 2.75) is 0 Å². The molecule has 0 aliphatic heterocycles. The van der Waals surface area contributed by atoms with Crippen LogP contribution in [0.1, 0.15) is 11.3 Å². The number of hydrogen-bond donors (Lipinski definition) is 1. The summed E-state index contributed by atoms with van der Waals surface area (Å²) in [6.45, 7) is 0. The summed E-state index contributed by atoms with van der Waals surface area (Å²) in [5.74, 6) is 0.277. The van der Waals surface area contributed by atoms with Crippen molar-refractivity contribution in [3.05, 3.63) is 71.9 Å². The lowest BCUT2D eigenvalue weighted by molar-refractivity contribution is 0.474. The van der Waals surface area contributed by atoms with Crippen LogP contribution in [-0.2, 0) is 0 Å². The molecule has 0 aliphatic rings. The molecule has 20 heavy (non-hydrogen) atoms. The normalized spacial score (nSPS) is 10.6. The minimum Gasteiger partial charge on any atom is -0.507 e. The van der Waals surface area contributed by atoms with Crippen LogP contribution >= 0.6 is 12.4 Å². The second-order valence-electron chi connectivity index (χ2n) is 4.32. The molecule has 0 saturated carbocycles. The molecule has 1 heterocycles. The number of hydrogen-bond acceptors (Lipinski definition) is 2. The van der Waals surface area contributed by atoms with Gasteiger partial charge in [-0.15, -0.1) is 12.4 Å². The van der Waals surface area contributed by atoms with E-state index in [-0.39, 0.29) is 18.2 Å². The minimum absolute atomic E-state index is 0. The Morgan fingerprint density at radius 2 is 1.55 bits per heavy atom. The van der Waals surface area contributed by atoms with Crippen molar-refractivity contribution in [1.29, 1.82) is 0 Å². The van der Waals surface area contributed by atoms with Crippen molar-refractivity contribution in [2.75, 3.05) is 0 Å². The molecule has 0 spiro atoms. The van der Waals surface area contributed by atoms with Gasteiger partial charge in [-0.25, -0.2) is 4.98 Å². The van der Waals surface area contributed by atoms with E-state index >= 15 is 0 Å². The lowest BCUT2D eigenvalue weighted by Crippen LogP contribution is -1.82. The number of fused-ring (bicyclic) bond motifs is 1. The lowest BCUT2D eigenvalue weighted by Gasteiger charge is -1.99. The van der Waals surface area contributed by atoms with E-state index in [0.717, 1.165) is 22.2 Å². The van der Waals surface area contributed by atoms with E-state index < -0.39 is 0 Å². The molecule has 0 unspecified atom stereocenters. The highest BCUT2D eigenvalue weighted by Crippen LogP contribution is 2.19. The summed E-state index contributed by atoms with van der Waals surface area (Å²) < 4.78 is 0. The fourth-order valence-corrected chi connectivity index (χ4v) is 1.98. The number of halogens is 1. The number of para-hydroxylation sites is 2. The molecule has 0 atom stereocenters. The number of benzene rings is 2. The number of phenolic OH excluding ortho intramolecular Hbond substituents is 1. The van der Waals surface area contributed by atoms with Crippen molar-refractivity contribution >= 4 is 35.5 Å². The number of aromatic nitrogens is 1. The van der Waals surface area contributed by atoms with Gasteiger partial charge in [0.05, 0.1) is 11.2 Å². The molecule has 2 nitrogen and oxygen atoms in total. The number of pyridine rings is 1. The maximum atomic E-state index is 9.69. The molecule has 0 bridgehead atoms. The molecule has 0 saturated heterocycles. The summed E-state index contributed by atoms with van der Waals surface area (Å²) in [7, 11) is 0. The number of nitrogens with zero attached hydrogens (tertiary/aromatic N) is 1. The van der Waals surface area contributed by atoms with Crippen LogP contribution in [0.15, 0.2) is 60.7 Å². The predicted octanol–water partition coefficient (Wildman–Crippen LogP) is 4.53. The average Bonchev–Trinajstić information content (AvgIpc) is 2.46. The van der Waals surface area contributed by atoms with Crippen molar-refractivity contribution in [2.24, 2.45) is 0 Å². The molecular formula is C17H14ClNO. The van der Waals surface area contributed by atoms with Crippen molar-refractivity contribution in [3.8, 4) is 5.75 Å². The first kappa shape index (κ1) is 14.1. The third kappa shape index (κ3) is 2.98. The highest BCUT2D eigenvalue weighted by Gasteiger charge is 1.96. The van der Waals surface area contributed by atoms with Gasteiger partial charge in [0, 0.05) is 10.9 Å². The van der Waals surface area contributed by atoms with Crippen LogP contribution in [0.25, 0.3) is 23.1 Å². The van der Waals surface area contributed by atoms with E-state index in [2.05, 4.69) is 4.98 Å². The lowest BCUT2D eigenvalue weighted by atomic mass is 10.1. The molecule has 0 radical (unpaired) electrons. The number of phenols is 1. The number of aromatic hydroxyl groups is 1. The Bertz CT molecular complexity index is 753. The van der Waals surface area contributed by atoms with Crippen LogP contribution in [0, 0.1) is 0 Å². The number of rotatable bonds is 2. The van der Waals surface area contributed by atoms with Crippen molar-refractivity contribution in [3.63, 3.8) is 0 Å². The average molecular weight is 284 g/mol. The quantitative estimate of drug-likeness (QED) is 0.749. The molecule has 0 amide bonds. The zero-order valence-corrected chi connectivity index (χ0v) is 11.5. The van der Waals surface area contributed by atoms with Crippen LogP contribution < -0.4 is 0 Å². The van der Waals surface area contributed by atoms with Gasteiger partial charge in [-0.1, -0.05) is 42.5 Å². The standard InChI is InChI=1S/C17H13NO.ClH/c19-17-8-4-2-6-14(17)10-12-15-11-9-13-5-1-3-7-16(13)18-15;/h1-12,19H;1H/b12-10+;. The topological polar surface area (TPSA) is 33.1 Å². The summed E-state index contributed by atoms with van der Waals surface area (Å²) in [5.41, 5.74) is 2.64. The fraction of sp³-hybridized carbons (Fsp3) is 0. The Morgan fingerprint density at radius 1 is 0.800 bits per heavy atom. The van der Waals surface area contributed by atoms with Gasteiger partial charge >= 0.3 is 0 Å². The van der Waals surface area contributed by atoms with E-state index in [9.17, 15) is 5.11 Å². The predicted molar refractivity (Wildman–Crippen MR) is 86.0 cm³/mol. The minimum atomic E-state index is 0. The second-order valence-corrected chi connectivity index (χ2v) is 4.32. The summed E-state index contributed by atoms with van der Waals surface area (Å²) >= 11 is 0. The molecule has 100 valence electrons. The SMILES string of the molecule is Cl.Oc1ccccc1/C=C/c1ccc2ccccc2n1. The Morgan fingerprint density at radius 3 is 2.40 bits per heavy atom. The second kappa shape index (κ2) is 6.22. The molecular weight excluding hydrogens is 270 g/mol. The van der Waals surface area contributed by atoms with Crippen LogP contribution in [0.2, 0.25) is 0 Å². The van der Waals surface area contributed by atoms with Gasteiger partial charge in [-0.3, -0.25) is 0 Å². The summed E-state index contributed by atoms with van der Waals surface area (Å²) in [6.07, 6.45) is 3.77. The summed E-state index contributed by atoms with van der Waals surface area (Å²) in [6, 6.07) is 19.3. The van der Waals surface area contributed by atoms with Crippen molar-refractivity contribution < 1.29 is 5.11 Å². The van der Waals surface area contributed by atoms with Gasteiger partial charge in [0.25, 0.3) is 0 Å². The first-order valence-electron chi connectivity index (χ1n) is 6.15. The van der Waals surface area contributed by atoms with E-state index in [4.69, 9.17) is 0 Å². The first-order valence-corrected chi connectivity index (χ1v) is 6.15. The Balaban J connectivity index is 0.00000147. The highest BCUT2D eigenvalue weighted by atomic mass is 35.5. The van der Waals surface area contributed by atoms with Crippen LogP contribution in [0.5, 0.6) is 5.75 Å². The molecule has 3 rings (SSSR count). The Labute approximate surface area is 123 Å². The highest BCUT2D eigenvalue weighted by molar-refractivity contribution is 5.85.